The van der Waals surface area contributed by atoms with E-state index in [4.69, 9.17) is 17.3 Å². The Labute approximate surface area is 61.5 Å². The molecule has 2 nitrogen and oxygen atoms in total. The number of hydrogen-bond acceptors (Lipinski definition) is 2. The lowest BCUT2D eigenvalue weighted by atomic mass is 10.3. The van der Waals surface area contributed by atoms with Gasteiger partial charge in [-0.15, -0.1) is 0 Å². The molecule has 0 amide bonds. The first-order valence-corrected chi connectivity index (χ1v) is 3.33. The third-order valence-corrected chi connectivity index (χ3v) is 1.50. The predicted octanol–water partition coefficient (Wildman–Crippen LogP) is 0.646. The Morgan fingerprint density at radius 1 is 1.67 bits per heavy atom. The van der Waals surface area contributed by atoms with Crippen molar-refractivity contribution >= 4 is 17.2 Å². The SMILES string of the molecule is C[C@@H](O)CC(=S)N(C)C. The van der Waals surface area contributed by atoms with E-state index in [1.54, 1.807) is 6.92 Å². The van der Waals surface area contributed by atoms with Gasteiger partial charge in [0.25, 0.3) is 0 Å². The second-order valence-corrected chi connectivity index (χ2v) is 2.81. The van der Waals surface area contributed by atoms with Crippen molar-refractivity contribution in [1.82, 2.24) is 4.90 Å². The summed E-state index contributed by atoms with van der Waals surface area (Å²) in [6.07, 6.45) is 0.266. The summed E-state index contributed by atoms with van der Waals surface area (Å²) >= 11 is 4.92. The van der Waals surface area contributed by atoms with Crippen LogP contribution in [-0.2, 0) is 0 Å². The smallest absolute Gasteiger partial charge is 0.0799 e. The Kier molecular flexibility index (Phi) is 3.73. The zero-order valence-electron chi connectivity index (χ0n) is 6.09. The molecule has 0 heterocycles. The van der Waals surface area contributed by atoms with Crippen LogP contribution in [0, 0.1) is 0 Å². The van der Waals surface area contributed by atoms with E-state index in [1.807, 2.05) is 19.0 Å². The molecular formula is C6H13NOS. The second kappa shape index (κ2) is 3.80. The normalized spacial score (nSPS) is 12.9. The van der Waals surface area contributed by atoms with Gasteiger partial charge in [-0.3, -0.25) is 0 Å². The number of aliphatic hydroxyl groups is 1. The lowest BCUT2D eigenvalue weighted by Crippen LogP contribution is -2.23. The molecule has 0 aromatic heterocycles. The van der Waals surface area contributed by atoms with Crippen molar-refractivity contribution in [3.05, 3.63) is 0 Å². The Hall–Kier alpha value is -0.150. The fourth-order valence-electron chi connectivity index (χ4n) is 0.435. The van der Waals surface area contributed by atoms with Gasteiger partial charge in [0, 0.05) is 20.5 Å². The number of nitrogens with zero attached hydrogens (tertiary/aromatic N) is 1. The third kappa shape index (κ3) is 4.36. The molecule has 1 N–H and O–H groups in total. The molecule has 0 saturated carbocycles. The molecule has 0 aromatic rings. The van der Waals surface area contributed by atoms with Gasteiger partial charge in [0.1, 0.15) is 0 Å². The molecule has 0 saturated heterocycles. The highest BCUT2D eigenvalue weighted by atomic mass is 32.1. The third-order valence-electron chi connectivity index (χ3n) is 0.969. The number of rotatable bonds is 2. The van der Waals surface area contributed by atoms with Crippen molar-refractivity contribution in [2.45, 2.75) is 19.4 Å². The Balaban J connectivity index is 3.51. The maximum atomic E-state index is 8.86. The summed E-state index contributed by atoms with van der Waals surface area (Å²) in [5.74, 6) is 0. The molecule has 0 fully saturated rings. The minimum absolute atomic E-state index is 0.320. The average molecular weight is 147 g/mol. The summed E-state index contributed by atoms with van der Waals surface area (Å²) in [5, 5.41) is 8.86. The molecule has 1 atom stereocenters. The largest absolute Gasteiger partial charge is 0.393 e. The van der Waals surface area contributed by atoms with E-state index in [-0.39, 0.29) is 6.10 Å². The summed E-state index contributed by atoms with van der Waals surface area (Å²) in [5.41, 5.74) is 0. The second-order valence-electron chi connectivity index (χ2n) is 2.34. The molecule has 0 unspecified atom stereocenters. The van der Waals surface area contributed by atoms with Gasteiger partial charge < -0.3 is 10.0 Å². The minimum Gasteiger partial charge on any atom is -0.393 e. The average Bonchev–Trinajstić information content (AvgIpc) is 1.63. The number of thiocarbonyl (C=S) groups is 1. The van der Waals surface area contributed by atoms with Crippen LogP contribution in [0.1, 0.15) is 13.3 Å². The van der Waals surface area contributed by atoms with Crippen LogP contribution in [0.2, 0.25) is 0 Å². The summed E-state index contributed by atoms with van der Waals surface area (Å²) in [6, 6.07) is 0. The number of aliphatic hydroxyl groups excluding tert-OH is 1. The van der Waals surface area contributed by atoms with E-state index in [0.29, 0.717) is 6.42 Å². The van der Waals surface area contributed by atoms with Crippen LogP contribution in [0.4, 0.5) is 0 Å². The van der Waals surface area contributed by atoms with E-state index in [0.717, 1.165) is 4.99 Å². The Morgan fingerprint density at radius 2 is 2.11 bits per heavy atom. The van der Waals surface area contributed by atoms with Gasteiger partial charge in [-0.2, -0.15) is 0 Å². The summed E-state index contributed by atoms with van der Waals surface area (Å²) < 4.78 is 0. The molecule has 0 aliphatic carbocycles. The van der Waals surface area contributed by atoms with Crippen LogP contribution in [0.3, 0.4) is 0 Å². The predicted molar refractivity (Wildman–Crippen MR) is 42.6 cm³/mol. The van der Waals surface area contributed by atoms with Crippen molar-refractivity contribution in [3.8, 4) is 0 Å². The first kappa shape index (κ1) is 8.85. The summed E-state index contributed by atoms with van der Waals surface area (Å²) in [7, 11) is 3.76. The van der Waals surface area contributed by atoms with E-state index < -0.39 is 0 Å². The maximum absolute atomic E-state index is 8.86. The molecule has 0 spiro atoms. The molecule has 9 heavy (non-hydrogen) atoms. The quantitative estimate of drug-likeness (QED) is 0.580. The van der Waals surface area contributed by atoms with Crippen LogP contribution < -0.4 is 0 Å². The van der Waals surface area contributed by atoms with Gasteiger partial charge in [0.15, 0.2) is 0 Å². The molecule has 0 aromatic carbocycles. The van der Waals surface area contributed by atoms with Gasteiger partial charge in [-0.25, -0.2) is 0 Å². The van der Waals surface area contributed by atoms with E-state index in [2.05, 4.69) is 0 Å². The topological polar surface area (TPSA) is 23.5 Å². The molecule has 0 rings (SSSR count). The maximum Gasteiger partial charge on any atom is 0.0799 e. The first-order chi connectivity index (χ1) is 4.04. The fourth-order valence-corrected chi connectivity index (χ4v) is 0.676. The van der Waals surface area contributed by atoms with E-state index in [9.17, 15) is 0 Å². The molecule has 0 bridgehead atoms. The van der Waals surface area contributed by atoms with Gasteiger partial charge in [0.2, 0.25) is 0 Å². The van der Waals surface area contributed by atoms with E-state index in [1.165, 1.54) is 0 Å². The van der Waals surface area contributed by atoms with Crippen LogP contribution in [0.25, 0.3) is 0 Å². The highest BCUT2D eigenvalue weighted by Crippen LogP contribution is 1.95. The first-order valence-electron chi connectivity index (χ1n) is 2.92. The fraction of sp³-hybridized carbons (Fsp3) is 0.833. The lowest BCUT2D eigenvalue weighted by molar-refractivity contribution is 0.201. The molecule has 0 aliphatic heterocycles. The molecule has 3 heteroatoms. The van der Waals surface area contributed by atoms with Crippen LogP contribution in [0.15, 0.2) is 0 Å². The van der Waals surface area contributed by atoms with E-state index >= 15 is 0 Å². The van der Waals surface area contributed by atoms with Crippen molar-refractivity contribution < 1.29 is 5.11 Å². The highest BCUT2D eigenvalue weighted by molar-refractivity contribution is 7.80. The molecule has 0 aliphatic rings. The Bertz CT molecular complexity index is 101. The zero-order chi connectivity index (χ0) is 7.44. The monoisotopic (exact) mass is 147 g/mol. The highest BCUT2D eigenvalue weighted by Gasteiger charge is 2.01. The lowest BCUT2D eigenvalue weighted by Gasteiger charge is -2.14. The van der Waals surface area contributed by atoms with Crippen LogP contribution in [-0.4, -0.2) is 35.2 Å². The molecule has 54 valence electrons. The van der Waals surface area contributed by atoms with Crippen molar-refractivity contribution in [1.29, 1.82) is 0 Å². The summed E-state index contributed by atoms with van der Waals surface area (Å²) in [6.45, 7) is 1.73. The van der Waals surface area contributed by atoms with Crippen molar-refractivity contribution in [3.63, 3.8) is 0 Å². The van der Waals surface area contributed by atoms with Gasteiger partial charge in [-0.1, -0.05) is 12.2 Å². The van der Waals surface area contributed by atoms with Gasteiger partial charge in [0.05, 0.1) is 11.1 Å². The van der Waals surface area contributed by atoms with Crippen LogP contribution in [0.5, 0.6) is 0 Å². The van der Waals surface area contributed by atoms with Crippen LogP contribution >= 0.6 is 12.2 Å². The van der Waals surface area contributed by atoms with Crippen molar-refractivity contribution in [2.75, 3.05) is 14.1 Å². The molecule has 0 radical (unpaired) electrons. The zero-order valence-corrected chi connectivity index (χ0v) is 6.90. The molecular weight excluding hydrogens is 134 g/mol. The minimum atomic E-state index is -0.320. The Morgan fingerprint density at radius 3 is 2.22 bits per heavy atom. The summed E-state index contributed by atoms with van der Waals surface area (Å²) in [4.78, 5) is 2.63. The van der Waals surface area contributed by atoms with Gasteiger partial charge in [-0.05, 0) is 6.92 Å². The van der Waals surface area contributed by atoms with Crippen molar-refractivity contribution in [2.24, 2.45) is 0 Å². The standard InChI is InChI=1S/C6H13NOS/c1-5(8)4-6(9)7(2)3/h5,8H,4H2,1-3H3/t5-/m1/s1. The number of hydrogen-bond donors (Lipinski definition) is 1. The van der Waals surface area contributed by atoms with Gasteiger partial charge >= 0.3 is 0 Å².